The van der Waals surface area contributed by atoms with Crippen LogP contribution in [0.5, 0.6) is 0 Å². The maximum absolute atomic E-state index is 12.2. The first-order valence-electron chi connectivity index (χ1n) is 8.20. The molecular weight excluding hydrogens is 278 g/mol. The van der Waals surface area contributed by atoms with Crippen LogP contribution in [0.1, 0.15) is 37.2 Å². The van der Waals surface area contributed by atoms with Gasteiger partial charge in [-0.25, -0.2) is 9.97 Å². The molecule has 122 valence electrons. The fraction of sp³-hybridized carbons (Fsp3) is 0.688. The number of carbonyl (C=O) groups excluding carboxylic acids is 1. The summed E-state index contributed by atoms with van der Waals surface area (Å²) in [5, 5.41) is 0. The van der Waals surface area contributed by atoms with Crippen molar-refractivity contribution in [2.45, 2.75) is 26.7 Å². The molecule has 1 fully saturated rings. The topological polar surface area (TPSA) is 52.6 Å². The van der Waals surface area contributed by atoms with Crippen LogP contribution in [0.25, 0.3) is 0 Å². The first kappa shape index (κ1) is 16.7. The second kappa shape index (κ2) is 8.08. The first-order chi connectivity index (χ1) is 10.7. The van der Waals surface area contributed by atoms with Crippen molar-refractivity contribution in [3.8, 4) is 0 Å². The number of likely N-dealkylation sites (N-methyl/N-ethyl adjacent to an activating group) is 1. The Morgan fingerprint density at radius 2 is 1.91 bits per heavy atom. The van der Waals surface area contributed by atoms with E-state index in [1.54, 1.807) is 17.3 Å². The van der Waals surface area contributed by atoms with E-state index in [2.05, 4.69) is 33.6 Å². The third-order valence-corrected chi connectivity index (χ3v) is 4.19. The largest absolute Gasteiger partial charge is 0.353 e. The fourth-order valence-corrected chi connectivity index (χ4v) is 2.58. The van der Waals surface area contributed by atoms with E-state index >= 15 is 0 Å². The number of anilines is 1. The molecule has 2 heterocycles. The van der Waals surface area contributed by atoms with Crippen LogP contribution in [0.15, 0.2) is 12.4 Å². The highest BCUT2D eigenvalue weighted by atomic mass is 16.2. The number of aromatic nitrogens is 2. The Bertz CT molecular complexity index is 468. The van der Waals surface area contributed by atoms with Gasteiger partial charge in [0.1, 0.15) is 11.5 Å². The summed E-state index contributed by atoms with van der Waals surface area (Å²) >= 11 is 0. The Labute approximate surface area is 133 Å². The second-order valence-electron chi connectivity index (χ2n) is 5.76. The molecule has 2 rings (SSSR count). The first-order valence-corrected chi connectivity index (χ1v) is 8.20. The van der Waals surface area contributed by atoms with Gasteiger partial charge in [-0.2, -0.15) is 0 Å². The number of carbonyl (C=O) groups is 1. The number of piperazine rings is 1. The minimum Gasteiger partial charge on any atom is -0.353 e. The molecule has 6 heteroatoms. The predicted molar refractivity (Wildman–Crippen MR) is 88.2 cm³/mol. The lowest BCUT2D eigenvalue weighted by Crippen LogP contribution is -2.46. The molecule has 0 N–H and O–H groups in total. The van der Waals surface area contributed by atoms with E-state index in [0.29, 0.717) is 5.69 Å². The summed E-state index contributed by atoms with van der Waals surface area (Å²) < 4.78 is 0. The molecule has 1 aliphatic rings. The highest BCUT2D eigenvalue weighted by Crippen LogP contribution is 2.13. The van der Waals surface area contributed by atoms with Gasteiger partial charge in [0, 0.05) is 39.8 Å². The highest BCUT2D eigenvalue weighted by molar-refractivity contribution is 5.91. The van der Waals surface area contributed by atoms with Crippen molar-refractivity contribution in [2.75, 3.05) is 51.2 Å². The van der Waals surface area contributed by atoms with Gasteiger partial charge in [-0.05, 0) is 13.0 Å². The Morgan fingerprint density at radius 1 is 1.18 bits per heavy atom. The summed E-state index contributed by atoms with van der Waals surface area (Å²) in [6, 6.07) is 0. The summed E-state index contributed by atoms with van der Waals surface area (Å²) in [5.74, 6) is 0.812. The average Bonchev–Trinajstić information content (AvgIpc) is 2.59. The molecular formula is C16H27N5O. The summed E-state index contributed by atoms with van der Waals surface area (Å²) in [6.07, 6.45) is 5.41. The molecule has 1 saturated heterocycles. The molecule has 1 aromatic heterocycles. The Balaban J connectivity index is 1.94. The van der Waals surface area contributed by atoms with E-state index in [1.165, 1.54) is 0 Å². The zero-order chi connectivity index (χ0) is 15.9. The summed E-state index contributed by atoms with van der Waals surface area (Å²) in [6.45, 7) is 10.2. The maximum atomic E-state index is 12.2. The van der Waals surface area contributed by atoms with E-state index < -0.39 is 0 Å². The van der Waals surface area contributed by atoms with Gasteiger partial charge in [0.2, 0.25) is 0 Å². The number of nitrogens with zero attached hydrogens (tertiary/aromatic N) is 5. The number of hydrogen-bond acceptors (Lipinski definition) is 5. The SMILES string of the molecule is CCCCN(C)C(=O)c1cnc(N2CCN(CC)CC2)cn1. The van der Waals surface area contributed by atoms with Gasteiger partial charge < -0.3 is 14.7 Å². The monoisotopic (exact) mass is 305 g/mol. The van der Waals surface area contributed by atoms with Crippen LogP contribution >= 0.6 is 0 Å². The van der Waals surface area contributed by atoms with Crippen LogP contribution in [0.2, 0.25) is 0 Å². The van der Waals surface area contributed by atoms with Crippen LogP contribution in [0, 0.1) is 0 Å². The molecule has 1 aliphatic heterocycles. The quantitative estimate of drug-likeness (QED) is 0.797. The summed E-state index contributed by atoms with van der Waals surface area (Å²) in [4.78, 5) is 27.3. The van der Waals surface area contributed by atoms with E-state index in [9.17, 15) is 4.79 Å². The number of rotatable bonds is 6. The zero-order valence-electron chi connectivity index (χ0n) is 14.0. The second-order valence-corrected chi connectivity index (χ2v) is 5.76. The molecule has 0 bridgehead atoms. The van der Waals surface area contributed by atoms with Crippen LogP contribution in [-0.4, -0.2) is 72.0 Å². The van der Waals surface area contributed by atoms with Gasteiger partial charge in [-0.1, -0.05) is 20.3 Å². The molecule has 0 radical (unpaired) electrons. The van der Waals surface area contributed by atoms with Crippen molar-refractivity contribution in [2.24, 2.45) is 0 Å². The normalized spacial score (nSPS) is 15.9. The zero-order valence-corrected chi connectivity index (χ0v) is 14.0. The van der Waals surface area contributed by atoms with Crippen molar-refractivity contribution in [3.05, 3.63) is 18.1 Å². The van der Waals surface area contributed by atoms with Gasteiger partial charge in [-0.3, -0.25) is 4.79 Å². The van der Waals surface area contributed by atoms with Crippen LogP contribution in [0.4, 0.5) is 5.82 Å². The van der Waals surface area contributed by atoms with Gasteiger partial charge in [0.15, 0.2) is 0 Å². The Hall–Kier alpha value is -1.69. The summed E-state index contributed by atoms with van der Waals surface area (Å²) in [5.41, 5.74) is 0.426. The molecule has 0 spiro atoms. The van der Waals surface area contributed by atoms with Crippen molar-refractivity contribution >= 4 is 11.7 Å². The van der Waals surface area contributed by atoms with Crippen molar-refractivity contribution in [3.63, 3.8) is 0 Å². The lowest BCUT2D eigenvalue weighted by molar-refractivity contribution is 0.0787. The molecule has 22 heavy (non-hydrogen) atoms. The lowest BCUT2D eigenvalue weighted by Gasteiger charge is -2.34. The number of amides is 1. The molecule has 1 aromatic rings. The minimum absolute atomic E-state index is 0.0525. The highest BCUT2D eigenvalue weighted by Gasteiger charge is 2.18. The van der Waals surface area contributed by atoms with Crippen molar-refractivity contribution in [1.29, 1.82) is 0 Å². The van der Waals surface area contributed by atoms with Crippen LogP contribution in [0.3, 0.4) is 0 Å². The van der Waals surface area contributed by atoms with Crippen LogP contribution < -0.4 is 4.90 Å². The molecule has 0 aromatic carbocycles. The molecule has 6 nitrogen and oxygen atoms in total. The van der Waals surface area contributed by atoms with E-state index in [0.717, 1.165) is 57.9 Å². The predicted octanol–water partition coefficient (Wildman–Crippen LogP) is 1.49. The molecule has 0 saturated carbocycles. The van der Waals surface area contributed by atoms with E-state index in [4.69, 9.17) is 0 Å². The third kappa shape index (κ3) is 4.16. The van der Waals surface area contributed by atoms with E-state index in [-0.39, 0.29) is 5.91 Å². The van der Waals surface area contributed by atoms with Gasteiger partial charge in [0.25, 0.3) is 5.91 Å². The summed E-state index contributed by atoms with van der Waals surface area (Å²) in [7, 11) is 1.82. The van der Waals surface area contributed by atoms with Crippen LogP contribution in [-0.2, 0) is 0 Å². The lowest BCUT2D eigenvalue weighted by atomic mass is 10.3. The average molecular weight is 305 g/mol. The van der Waals surface area contributed by atoms with Gasteiger partial charge in [0.05, 0.1) is 12.4 Å². The Morgan fingerprint density at radius 3 is 2.45 bits per heavy atom. The smallest absolute Gasteiger partial charge is 0.273 e. The van der Waals surface area contributed by atoms with Crippen molar-refractivity contribution in [1.82, 2.24) is 19.8 Å². The van der Waals surface area contributed by atoms with Gasteiger partial charge >= 0.3 is 0 Å². The molecule has 1 amide bonds. The third-order valence-electron chi connectivity index (χ3n) is 4.19. The van der Waals surface area contributed by atoms with E-state index in [1.807, 2.05) is 7.05 Å². The number of unbranched alkanes of at least 4 members (excludes halogenated alkanes) is 1. The Kier molecular flexibility index (Phi) is 6.12. The maximum Gasteiger partial charge on any atom is 0.273 e. The van der Waals surface area contributed by atoms with Crippen molar-refractivity contribution < 1.29 is 4.79 Å². The fourth-order valence-electron chi connectivity index (χ4n) is 2.58. The number of hydrogen-bond donors (Lipinski definition) is 0. The minimum atomic E-state index is -0.0525. The molecule has 0 atom stereocenters. The molecule has 0 unspecified atom stereocenters. The standard InChI is InChI=1S/C16H27N5O/c1-4-6-7-19(3)16(22)14-12-18-15(13-17-14)21-10-8-20(5-2)9-11-21/h12-13H,4-11H2,1-3H3. The molecule has 0 aliphatic carbocycles. The van der Waals surface area contributed by atoms with Gasteiger partial charge in [-0.15, -0.1) is 0 Å².